The largest absolute Gasteiger partial charge is 0.495 e. The summed E-state index contributed by atoms with van der Waals surface area (Å²) in [4.78, 5) is 42.2. The van der Waals surface area contributed by atoms with Crippen LogP contribution in [-0.4, -0.2) is 56.2 Å². The van der Waals surface area contributed by atoms with Crippen molar-refractivity contribution in [3.63, 3.8) is 0 Å². The summed E-state index contributed by atoms with van der Waals surface area (Å²) >= 11 is 0. The molecule has 0 aromatic heterocycles. The van der Waals surface area contributed by atoms with Crippen molar-refractivity contribution in [2.24, 2.45) is 11.8 Å². The molecule has 2 aromatic rings. The van der Waals surface area contributed by atoms with Crippen LogP contribution in [0.2, 0.25) is 0 Å². The Labute approximate surface area is 203 Å². The van der Waals surface area contributed by atoms with Gasteiger partial charge in [0, 0.05) is 43.7 Å². The van der Waals surface area contributed by atoms with Gasteiger partial charge < -0.3 is 29.3 Å². The van der Waals surface area contributed by atoms with E-state index in [-0.39, 0.29) is 36.9 Å². The first-order valence-electron chi connectivity index (χ1n) is 11.9. The quantitative estimate of drug-likeness (QED) is 0.708. The number of fused-ring (bicyclic) bond motifs is 1. The molecule has 9 heteroatoms. The van der Waals surface area contributed by atoms with Crippen LogP contribution in [0.15, 0.2) is 36.4 Å². The van der Waals surface area contributed by atoms with E-state index in [4.69, 9.17) is 14.2 Å². The van der Waals surface area contributed by atoms with Crippen LogP contribution in [0.4, 0.5) is 11.4 Å². The Morgan fingerprint density at radius 3 is 2.57 bits per heavy atom. The molecule has 0 radical (unpaired) electrons. The number of methoxy groups -OCH3 is 1. The van der Waals surface area contributed by atoms with Crippen molar-refractivity contribution in [3.05, 3.63) is 42.0 Å². The van der Waals surface area contributed by atoms with Crippen molar-refractivity contribution in [1.82, 2.24) is 4.90 Å². The molecule has 2 aromatic carbocycles. The van der Waals surface area contributed by atoms with Gasteiger partial charge in [-0.25, -0.2) is 0 Å². The standard InChI is InChI=1S/C26H29N3O6/c1-16-3-5-21(33-2)20(11-16)29-14-18(12-24(29)30)26(32)28-9-7-17(8-10-28)25(31)27-19-4-6-22-23(13-19)35-15-34-22/h3-6,11,13,17-18H,7-10,12,14-15H2,1-2H3,(H,27,31). The van der Waals surface area contributed by atoms with Crippen LogP contribution in [0.3, 0.4) is 0 Å². The van der Waals surface area contributed by atoms with E-state index in [9.17, 15) is 14.4 Å². The second-order valence-corrected chi connectivity index (χ2v) is 9.24. The molecule has 1 N–H and O–H groups in total. The first kappa shape index (κ1) is 23.0. The predicted octanol–water partition coefficient (Wildman–Crippen LogP) is 2.96. The molecule has 3 heterocycles. The van der Waals surface area contributed by atoms with E-state index in [0.29, 0.717) is 61.1 Å². The maximum absolute atomic E-state index is 13.2. The Bertz CT molecular complexity index is 1160. The van der Waals surface area contributed by atoms with E-state index in [0.717, 1.165) is 5.56 Å². The third-order valence-corrected chi connectivity index (χ3v) is 6.92. The molecule has 184 valence electrons. The zero-order chi connectivity index (χ0) is 24.5. The highest BCUT2D eigenvalue weighted by Crippen LogP contribution is 2.36. The van der Waals surface area contributed by atoms with Crippen molar-refractivity contribution < 1.29 is 28.6 Å². The lowest BCUT2D eigenvalue weighted by Gasteiger charge is -2.33. The molecule has 0 saturated carbocycles. The number of rotatable bonds is 5. The molecule has 0 spiro atoms. The number of nitrogens with one attached hydrogen (secondary N) is 1. The van der Waals surface area contributed by atoms with Gasteiger partial charge in [-0.05, 0) is 49.6 Å². The molecule has 3 aliphatic rings. The summed E-state index contributed by atoms with van der Waals surface area (Å²) in [7, 11) is 1.57. The van der Waals surface area contributed by atoms with Gasteiger partial charge >= 0.3 is 0 Å². The minimum atomic E-state index is -0.397. The number of carbonyl (C=O) groups excluding carboxylic acids is 3. The van der Waals surface area contributed by atoms with Crippen LogP contribution in [0.25, 0.3) is 0 Å². The molecule has 0 aliphatic carbocycles. The monoisotopic (exact) mass is 479 g/mol. The molecule has 2 fully saturated rings. The molecule has 3 aliphatic heterocycles. The molecule has 9 nitrogen and oxygen atoms in total. The summed E-state index contributed by atoms with van der Waals surface area (Å²) in [6.07, 6.45) is 1.34. The summed E-state index contributed by atoms with van der Waals surface area (Å²) in [5.41, 5.74) is 2.38. The average Bonchev–Trinajstić information content (AvgIpc) is 3.49. The number of ether oxygens (including phenoxy) is 3. The summed E-state index contributed by atoms with van der Waals surface area (Å²) in [5, 5.41) is 2.94. The lowest BCUT2D eigenvalue weighted by Crippen LogP contribution is -2.44. The van der Waals surface area contributed by atoms with Crippen LogP contribution in [0.5, 0.6) is 17.2 Å². The summed E-state index contributed by atoms with van der Waals surface area (Å²) in [6.45, 7) is 3.47. The number of benzene rings is 2. The van der Waals surface area contributed by atoms with Crippen LogP contribution in [0, 0.1) is 18.8 Å². The number of carbonyl (C=O) groups is 3. The van der Waals surface area contributed by atoms with Gasteiger partial charge in [0.05, 0.1) is 18.7 Å². The van der Waals surface area contributed by atoms with Crippen molar-refractivity contribution in [1.29, 1.82) is 0 Å². The van der Waals surface area contributed by atoms with E-state index < -0.39 is 5.92 Å². The van der Waals surface area contributed by atoms with Gasteiger partial charge in [-0.1, -0.05) is 6.07 Å². The van der Waals surface area contributed by atoms with Crippen LogP contribution >= 0.6 is 0 Å². The normalized spacial score (nSPS) is 19.7. The molecule has 1 unspecified atom stereocenters. The van der Waals surface area contributed by atoms with E-state index in [1.807, 2.05) is 25.1 Å². The number of nitrogens with zero attached hydrogens (tertiary/aromatic N) is 2. The fourth-order valence-electron chi connectivity index (χ4n) is 4.96. The first-order chi connectivity index (χ1) is 16.9. The number of piperidine rings is 1. The second kappa shape index (κ2) is 9.48. The minimum absolute atomic E-state index is 0.0258. The number of aryl methyl sites for hydroxylation is 1. The highest BCUT2D eigenvalue weighted by Gasteiger charge is 2.39. The minimum Gasteiger partial charge on any atom is -0.495 e. The Kier molecular flexibility index (Phi) is 6.23. The highest BCUT2D eigenvalue weighted by molar-refractivity contribution is 6.01. The second-order valence-electron chi connectivity index (χ2n) is 9.24. The maximum atomic E-state index is 13.2. The van der Waals surface area contributed by atoms with Crippen molar-refractivity contribution in [2.75, 3.05) is 43.8 Å². The van der Waals surface area contributed by atoms with Gasteiger partial charge in [-0.3, -0.25) is 14.4 Å². The number of hydrogen-bond donors (Lipinski definition) is 1. The van der Waals surface area contributed by atoms with Crippen LogP contribution in [-0.2, 0) is 14.4 Å². The van der Waals surface area contributed by atoms with Gasteiger partial charge in [0.25, 0.3) is 0 Å². The van der Waals surface area contributed by atoms with E-state index in [2.05, 4.69) is 5.32 Å². The summed E-state index contributed by atoms with van der Waals surface area (Å²) in [5.74, 6) is 1.16. The van der Waals surface area contributed by atoms with Gasteiger partial charge in [-0.15, -0.1) is 0 Å². The number of likely N-dealkylation sites (tertiary alicyclic amines) is 1. The smallest absolute Gasteiger partial charge is 0.231 e. The average molecular weight is 480 g/mol. The van der Waals surface area contributed by atoms with Crippen molar-refractivity contribution in [2.45, 2.75) is 26.2 Å². The lowest BCUT2D eigenvalue weighted by molar-refractivity contribution is -0.138. The van der Waals surface area contributed by atoms with Crippen LogP contribution < -0.4 is 24.4 Å². The summed E-state index contributed by atoms with van der Waals surface area (Å²) < 4.78 is 16.1. The Morgan fingerprint density at radius 1 is 1.03 bits per heavy atom. The van der Waals surface area contributed by atoms with Crippen LogP contribution in [0.1, 0.15) is 24.8 Å². The highest BCUT2D eigenvalue weighted by atomic mass is 16.7. The third kappa shape index (κ3) is 4.62. The lowest BCUT2D eigenvalue weighted by atomic mass is 9.94. The first-order valence-corrected chi connectivity index (χ1v) is 11.9. The number of hydrogen-bond acceptors (Lipinski definition) is 6. The fraction of sp³-hybridized carbons (Fsp3) is 0.423. The Morgan fingerprint density at radius 2 is 1.80 bits per heavy atom. The number of amides is 3. The molecular weight excluding hydrogens is 450 g/mol. The fourth-order valence-corrected chi connectivity index (χ4v) is 4.96. The molecule has 3 amide bonds. The third-order valence-electron chi connectivity index (χ3n) is 6.92. The maximum Gasteiger partial charge on any atom is 0.231 e. The van der Waals surface area contributed by atoms with E-state index in [1.165, 1.54) is 0 Å². The van der Waals surface area contributed by atoms with Gasteiger partial charge in [0.1, 0.15) is 5.75 Å². The summed E-state index contributed by atoms with van der Waals surface area (Å²) in [6, 6.07) is 11.0. The molecule has 0 bridgehead atoms. The molecular formula is C26H29N3O6. The van der Waals surface area contributed by atoms with Crippen molar-refractivity contribution in [3.8, 4) is 17.2 Å². The molecule has 2 saturated heterocycles. The molecule has 1 atom stereocenters. The zero-order valence-electron chi connectivity index (χ0n) is 19.9. The predicted molar refractivity (Wildman–Crippen MR) is 129 cm³/mol. The zero-order valence-corrected chi connectivity index (χ0v) is 19.9. The topological polar surface area (TPSA) is 97.4 Å². The van der Waals surface area contributed by atoms with Crippen molar-refractivity contribution >= 4 is 29.1 Å². The molecule has 35 heavy (non-hydrogen) atoms. The number of anilines is 2. The van der Waals surface area contributed by atoms with E-state index in [1.54, 1.807) is 35.1 Å². The molecule has 5 rings (SSSR count). The van der Waals surface area contributed by atoms with E-state index >= 15 is 0 Å². The Hall–Kier alpha value is -3.75. The Balaban J connectivity index is 1.16. The van der Waals surface area contributed by atoms with Gasteiger partial charge in [0.15, 0.2) is 11.5 Å². The SMILES string of the molecule is COc1ccc(C)cc1N1CC(C(=O)N2CCC(C(=O)Nc3ccc4c(c3)OCO4)CC2)CC1=O. The van der Waals surface area contributed by atoms with Gasteiger partial charge in [-0.2, -0.15) is 0 Å². The van der Waals surface area contributed by atoms with Gasteiger partial charge in [0.2, 0.25) is 24.5 Å².